The third kappa shape index (κ3) is 3.20. The molecule has 0 bridgehead atoms. The topological polar surface area (TPSA) is 26.3 Å². The maximum Gasteiger partial charge on any atom is 0.338 e. The maximum atomic E-state index is 11.7. The van der Waals surface area contributed by atoms with Gasteiger partial charge in [0, 0.05) is 3.57 Å². The van der Waals surface area contributed by atoms with Crippen LogP contribution in [0.15, 0.2) is 12.1 Å². The summed E-state index contributed by atoms with van der Waals surface area (Å²) in [5.74, 6) is 0.291. The van der Waals surface area contributed by atoms with Crippen LogP contribution in [0.1, 0.15) is 35.3 Å². The van der Waals surface area contributed by atoms with E-state index >= 15 is 0 Å². The molecular weight excluding hydrogens is 315 g/mol. The summed E-state index contributed by atoms with van der Waals surface area (Å²) >= 11 is 2.22. The van der Waals surface area contributed by atoms with E-state index in [4.69, 9.17) is 4.74 Å². The Morgan fingerprint density at radius 2 is 2.06 bits per heavy atom. The second kappa shape index (κ2) is 5.66. The highest BCUT2D eigenvalue weighted by atomic mass is 127. The quantitative estimate of drug-likeness (QED) is 0.625. The fourth-order valence-corrected chi connectivity index (χ4v) is 2.52. The number of carbonyl (C=O) groups is 1. The predicted octanol–water partition coefficient (Wildman–Crippen LogP) is 3.58. The lowest BCUT2D eigenvalue weighted by molar-refractivity contribution is 0.0599. The molecule has 16 heavy (non-hydrogen) atoms. The number of hydrogen-bond acceptors (Lipinski definition) is 2. The van der Waals surface area contributed by atoms with Gasteiger partial charge in [-0.15, -0.1) is 0 Å². The number of carbonyl (C=O) groups excluding carboxylic acids is 1. The third-order valence-corrected chi connectivity index (χ3v) is 3.08. The zero-order chi connectivity index (χ0) is 12.3. The van der Waals surface area contributed by atoms with Crippen molar-refractivity contribution in [2.45, 2.75) is 27.2 Å². The highest BCUT2D eigenvalue weighted by Gasteiger charge is 2.15. The molecule has 1 aromatic carbocycles. The summed E-state index contributed by atoms with van der Waals surface area (Å²) in [6, 6.07) is 4.00. The molecule has 0 aromatic heterocycles. The average molecular weight is 332 g/mol. The molecule has 0 N–H and O–H groups in total. The van der Waals surface area contributed by atoms with Gasteiger partial charge in [-0.1, -0.05) is 13.8 Å². The second-order valence-corrected chi connectivity index (χ2v) is 5.58. The highest BCUT2D eigenvalue weighted by Crippen LogP contribution is 2.22. The van der Waals surface area contributed by atoms with Gasteiger partial charge < -0.3 is 4.74 Å². The normalized spacial score (nSPS) is 10.6. The first-order chi connectivity index (χ1) is 7.45. The summed E-state index contributed by atoms with van der Waals surface area (Å²) in [4.78, 5) is 11.7. The van der Waals surface area contributed by atoms with Gasteiger partial charge in [-0.2, -0.15) is 0 Å². The van der Waals surface area contributed by atoms with E-state index in [9.17, 15) is 4.79 Å². The summed E-state index contributed by atoms with van der Waals surface area (Å²) in [6.07, 6.45) is 0.910. The van der Waals surface area contributed by atoms with Crippen LogP contribution in [-0.4, -0.2) is 13.1 Å². The smallest absolute Gasteiger partial charge is 0.338 e. The molecule has 0 saturated carbocycles. The fourth-order valence-electron chi connectivity index (χ4n) is 1.74. The van der Waals surface area contributed by atoms with E-state index in [1.807, 2.05) is 13.0 Å². The van der Waals surface area contributed by atoms with E-state index in [0.29, 0.717) is 11.5 Å². The van der Waals surface area contributed by atoms with Gasteiger partial charge in [-0.25, -0.2) is 4.79 Å². The second-order valence-electron chi connectivity index (χ2n) is 4.34. The van der Waals surface area contributed by atoms with Gasteiger partial charge in [0.1, 0.15) is 0 Å². The van der Waals surface area contributed by atoms with Gasteiger partial charge in [0.25, 0.3) is 0 Å². The first-order valence-electron chi connectivity index (χ1n) is 5.33. The van der Waals surface area contributed by atoms with Crippen LogP contribution in [0.3, 0.4) is 0 Å². The molecule has 0 atom stereocenters. The molecule has 0 aliphatic heterocycles. The van der Waals surface area contributed by atoms with Crippen LogP contribution in [-0.2, 0) is 11.2 Å². The molecule has 0 saturated heterocycles. The zero-order valence-electron chi connectivity index (χ0n) is 10.1. The van der Waals surface area contributed by atoms with E-state index in [-0.39, 0.29) is 5.97 Å². The molecule has 1 aromatic rings. The lowest BCUT2D eigenvalue weighted by atomic mass is 9.94. The number of aryl methyl sites for hydroxylation is 1. The Balaban J connectivity index is 3.26. The number of halogens is 1. The minimum absolute atomic E-state index is 0.239. The molecule has 1 rings (SSSR count). The van der Waals surface area contributed by atoms with Crippen LogP contribution in [0.25, 0.3) is 0 Å². The highest BCUT2D eigenvalue weighted by molar-refractivity contribution is 14.1. The molecule has 2 nitrogen and oxygen atoms in total. The first-order valence-corrected chi connectivity index (χ1v) is 6.41. The van der Waals surface area contributed by atoms with Crippen molar-refractivity contribution in [3.8, 4) is 0 Å². The predicted molar refractivity (Wildman–Crippen MR) is 73.8 cm³/mol. The van der Waals surface area contributed by atoms with Gasteiger partial charge in [0.15, 0.2) is 0 Å². The van der Waals surface area contributed by atoms with Crippen LogP contribution in [0.2, 0.25) is 0 Å². The Kier molecular flexibility index (Phi) is 4.77. The standard InChI is InChI=1S/C13H17IO2/c1-8(2)5-11-9(3)6-10(14)7-12(11)13(15)16-4/h6-8H,5H2,1-4H3. The van der Waals surface area contributed by atoms with Crippen LogP contribution >= 0.6 is 22.6 Å². The Morgan fingerprint density at radius 1 is 1.44 bits per heavy atom. The van der Waals surface area contributed by atoms with Crippen LogP contribution in [0.5, 0.6) is 0 Å². The number of methoxy groups -OCH3 is 1. The molecule has 0 spiro atoms. The summed E-state index contributed by atoms with van der Waals surface area (Å²) in [6.45, 7) is 6.35. The van der Waals surface area contributed by atoms with E-state index in [1.54, 1.807) is 0 Å². The van der Waals surface area contributed by atoms with E-state index < -0.39 is 0 Å². The van der Waals surface area contributed by atoms with Crippen molar-refractivity contribution < 1.29 is 9.53 Å². The van der Waals surface area contributed by atoms with Crippen LogP contribution in [0.4, 0.5) is 0 Å². The molecular formula is C13H17IO2. The Bertz CT molecular complexity index is 397. The van der Waals surface area contributed by atoms with Crippen LogP contribution in [0, 0.1) is 16.4 Å². The van der Waals surface area contributed by atoms with Gasteiger partial charge in [-0.05, 0) is 65.1 Å². The van der Waals surface area contributed by atoms with Gasteiger partial charge >= 0.3 is 5.97 Å². The average Bonchev–Trinajstić information content (AvgIpc) is 2.20. The van der Waals surface area contributed by atoms with Crippen molar-refractivity contribution >= 4 is 28.6 Å². The van der Waals surface area contributed by atoms with Crippen molar-refractivity contribution in [1.82, 2.24) is 0 Å². The summed E-state index contributed by atoms with van der Waals surface area (Å²) in [5, 5.41) is 0. The number of hydrogen-bond donors (Lipinski definition) is 0. The first kappa shape index (κ1) is 13.5. The number of esters is 1. The summed E-state index contributed by atoms with van der Waals surface area (Å²) in [5.41, 5.74) is 2.99. The SMILES string of the molecule is COC(=O)c1cc(I)cc(C)c1CC(C)C. The van der Waals surface area contributed by atoms with E-state index in [2.05, 4.69) is 42.5 Å². The van der Waals surface area contributed by atoms with Crippen molar-refractivity contribution in [3.63, 3.8) is 0 Å². The lowest BCUT2D eigenvalue weighted by Crippen LogP contribution is -2.10. The van der Waals surface area contributed by atoms with Crippen molar-refractivity contribution in [3.05, 3.63) is 32.4 Å². The van der Waals surface area contributed by atoms with Gasteiger partial charge in [0.2, 0.25) is 0 Å². The minimum atomic E-state index is -0.239. The largest absolute Gasteiger partial charge is 0.465 e. The zero-order valence-corrected chi connectivity index (χ0v) is 12.3. The maximum absolute atomic E-state index is 11.7. The summed E-state index contributed by atoms with van der Waals surface area (Å²) in [7, 11) is 1.43. The molecule has 3 heteroatoms. The van der Waals surface area contributed by atoms with Gasteiger partial charge in [-0.3, -0.25) is 0 Å². The fraction of sp³-hybridized carbons (Fsp3) is 0.462. The number of benzene rings is 1. The molecule has 0 aliphatic carbocycles. The summed E-state index contributed by atoms with van der Waals surface area (Å²) < 4.78 is 5.90. The third-order valence-electron chi connectivity index (χ3n) is 2.46. The Labute approximate surface area is 111 Å². The minimum Gasteiger partial charge on any atom is -0.465 e. The molecule has 88 valence electrons. The monoisotopic (exact) mass is 332 g/mol. The molecule has 0 unspecified atom stereocenters. The van der Waals surface area contributed by atoms with Gasteiger partial charge in [0.05, 0.1) is 12.7 Å². The van der Waals surface area contributed by atoms with Crippen molar-refractivity contribution in [2.24, 2.45) is 5.92 Å². The molecule has 0 aliphatic rings. The molecule has 0 amide bonds. The molecule has 0 fully saturated rings. The molecule has 0 radical (unpaired) electrons. The lowest BCUT2D eigenvalue weighted by Gasteiger charge is -2.14. The Morgan fingerprint density at radius 3 is 2.56 bits per heavy atom. The van der Waals surface area contributed by atoms with Crippen molar-refractivity contribution in [1.29, 1.82) is 0 Å². The molecule has 0 heterocycles. The van der Waals surface area contributed by atoms with Crippen molar-refractivity contribution in [2.75, 3.05) is 7.11 Å². The van der Waals surface area contributed by atoms with E-state index in [0.717, 1.165) is 15.6 Å². The van der Waals surface area contributed by atoms with Crippen LogP contribution < -0.4 is 0 Å². The number of ether oxygens (including phenoxy) is 1. The number of rotatable bonds is 3. The Hall–Kier alpha value is -0.580. The van der Waals surface area contributed by atoms with E-state index in [1.165, 1.54) is 12.7 Å².